The Morgan fingerprint density at radius 3 is 2.70 bits per heavy atom. The highest BCUT2D eigenvalue weighted by atomic mass is 16.5. The number of methoxy groups -OCH3 is 1. The third-order valence-corrected chi connectivity index (χ3v) is 4.88. The van der Waals surface area contributed by atoms with Crippen molar-refractivity contribution in [2.75, 3.05) is 7.11 Å². The van der Waals surface area contributed by atoms with Gasteiger partial charge in [0.05, 0.1) is 13.0 Å². The van der Waals surface area contributed by atoms with E-state index in [1.165, 1.54) is 7.11 Å². The van der Waals surface area contributed by atoms with Crippen LogP contribution in [0.2, 0.25) is 0 Å². The fourth-order valence-electron chi connectivity index (χ4n) is 3.06. The summed E-state index contributed by atoms with van der Waals surface area (Å²) in [6.45, 7) is 3.69. The number of nitrogens with one attached hydrogen (secondary N) is 2. The van der Waals surface area contributed by atoms with Crippen LogP contribution in [0.15, 0.2) is 0 Å². The van der Waals surface area contributed by atoms with Crippen LogP contribution in [-0.2, 0) is 19.7 Å². The lowest BCUT2D eigenvalue weighted by Crippen LogP contribution is -2.50. The molecular formula is C15H25N5O3. The molecule has 0 saturated heterocycles. The maximum atomic E-state index is 12.8. The third kappa shape index (κ3) is 3.68. The van der Waals surface area contributed by atoms with Crippen LogP contribution < -0.4 is 5.32 Å². The van der Waals surface area contributed by atoms with Gasteiger partial charge in [-0.3, -0.25) is 9.59 Å². The van der Waals surface area contributed by atoms with Gasteiger partial charge in [-0.2, -0.15) is 5.21 Å². The molecule has 1 fully saturated rings. The molecule has 0 spiro atoms. The minimum absolute atomic E-state index is 0.179. The predicted molar refractivity (Wildman–Crippen MR) is 82.3 cm³/mol. The molecule has 3 atom stereocenters. The number of aromatic amines is 1. The Kier molecular flexibility index (Phi) is 5.68. The smallest absolute Gasteiger partial charge is 0.310 e. The van der Waals surface area contributed by atoms with Gasteiger partial charge in [0, 0.05) is 6.04 Å². The Morgan fingerprint density at radius 1 is 1.35 bits per heavy atom. The van der Waals surface area contributed by atoms with E-state index in [-0.39, 0.29) is 23.8 Å². The first-order valence-corrected chi connectivity index (χ1v) is 8.15. The summed E-state index contributed by atoms with van der Waals surface area (Å²) in [4.78, 5) is 24.9. The van der Waals surface area contributed by atoms with E-state index in [4.69, 9.17) is 4.74 Å². The van der Waals surface area contributed by atoms with Crippen LogP contribution in [0.1, 0.15) is 58.2 Å². The summed E-state index contributed by atoms with van der Waals surface area (Å²) >= 11 is 0. The van der Waals surface area contributed by atoms with E-state index in [1.54, 1.807) is 6.92 Å². The number of rotatable bonds is 5. The molecule has 1 amide bonds. The highest BCUT2D eigenvalue weighted by Crippen LogP contribution is 2.28. The van der Waals surface area contributed by atoms with E-state index >= 15 is 0 Å². The average Bonchev–Trinajstić information content (AvgIpc) is 3.01. The van der Waals surface area contributed by atoms with Crippen molar-refractivity contribution in [3.05, 3.63) is 5.82 Å². The molecule has 1 heterocycles. The number of tetrazole rings is 1. The maximum Gasteiger partial charge on any atom is 0.310 e. The fourth-order valence-corrected chi connectivity index (χ4v) is 3.06. The molecule has 1 aromatic rings. The summed E-state index contributed by atoms with van der Waals surface area (Å²) in [5.41, 5.74) is -0.875. The lowest BCUT2D eigenvalue weighted by atomic mass is 9.84. The van der Waals surface area contributed by atoms with Gasteiger partial charge in [0.1, 0.15) is 5.41 Å². The van der Waals surface area contributed by atoms with Crippen molar-refractivity contribution in [1.82, 2.24) is 25.9 Å². The van der Waals surface area contributed by atoms with Crippen molar-refractivity contribution in [2.45, 2.75) is 63.8 Å². The predicted octanol–water partition coefficient (Wildman–Crippen LogP) is 1.11. The van der Waals surface area contributed by atoms with E-state index < -0.39 is 5.41 Å². The Hall–Kier alpha value is -1.99. The van der Waals surface area contributed by atoms with Crippen LogP contribution in [0.5, 0.6) is 0 Å². The van der Waals surface area contributed by atoms with Crippen LogP contribution in [0.3, 0.4) is 0 Å². The molecule has 0 aromatic carbocycles. The van der Waals surface area contributed by atoms with E-state index in [1.807, 2.05) is 6.92 Å². The molecule has 8 nitrogen and oxygen atoms in total. The lowest BCUT2D eigenvalue weighted by molar-refractivity contribution is -0.147. The zero-order chi connectivity index (χ0) is 16.9. The van der Waals surface area contributed by atoms with Gasteiger partial charge in [0.15, 0.2) is 5.82 Å². The molecule has 0 radical (unpaired) electrons. The first kappa shape index (κ1) is 17.4. The topological polar surface area (TPSA) is 110 Å². The number of carbonyl (C=O) groups is 2. The van der Waals surface area contributed by atoms with E-state index in [0.29, 0.717) is 12.2 Å². The molecule has 0 aliphatic heterocycles. The van der Waals surface area contributed by atoms with Gasteiger partial charge in [-0.05, 0) is 26.2 Å². The molecule has 1 aliphatic carbocycles. The highest BCUT2D eigenvalue weighted by molar-refractivity contribution is 5.87. The second kappa shape index (κ2) is 7.52. The molecule has 1 aliphatic rings. The molecule has 23 heavy (non-hydrogen) atoms. The van der Waals surface area contributed by atoms with Crippen molar-refractivity contribution in [3.8, 4) is 0 Å². The summed E-state index contributed by atoms with van der Waals surface area (Å²) in [5.74, 6) is -0.365. The highest BCUT2D eigenvalue weighted by Gasteiger charge is 2.40. The minimum atomic E-state index is -0.875. The van der Waals surface area contributed by atoms with Crippen molar-refractivity contribution >= 4 is 11.9 Å². The van der Waals surface area contributed by atoms with Crippen molar-refractivity contribution < 1.29 is 14.3 Å². The van der Waals surface area contributed by atoms with Gasteiger partial charge < -0.3 is 10.1 Å². The van der Waals surface area contributed by atoms with Crippen molar-refractivity contribution in [3.63, 3.8) is 0 Å². The fraction of sp³-hybridized carbons (Fsp3) is 0.800. The monoisotopic (exact) mass is 323 g/mol. The number of amides is 1. The van der Waals surface area contributed by atoms with Gasteiger partial charge in [-0.1, -0.05) is 31.4 Å². The summed E-state index contributed by atoms with van der Waals surface area (Å²) in [7, 11) is 1.39. The Balaban J connectivity index is 2.16. The summed E-state index contributed by atoms with van der Waals surface area (Å²) in [6.07, 6.45) is 5.08. The number of esters is 1. The zero-order valence-electron chi connectivity index (χ0n) is 14.0. The van der Waals surface area contributed by atoms with E-state index in [0.717, 1.165) is 32.1 Å². The molecule has 0 bridgehead atoms. The van der Waals surface area contributed by atoms with Crippen LogP contribution in [-0.4, -0.2) is 45.7 Å². The number of nitrogens with zero attached hydrogens (tertiary/aromatic N) is 3. The maximum absolute atomic E-state index is 12.8. The molecular weight excluding hydrogens is 298 g/mol. The first-order chi connectivity index (χ1) is 11.0. The van der Waals surface area contributed by atoms with E-state index in [2.05, 4.69) is 25.9 Å². The molecule has 1 unspecified atom stereocenters. The largest absolute Gasteiger partial charge is 0.469 e. The molecule has 128 valence electrons. The van der Waals surface area contributed by atoms with Gasteiger partial charge in [-0.25, -0.2) is 0 Å². The van der Waals surface area contributed by atoms with Crippen molar-refractivity contribution in [1.29, 1.82) is 0 Å². The minimum Gasteiger partial charge on any atom is -0.469 e. The van der Waals surface area contributed by atoms with Gasteiger partial charge in [0.2, 0.25) is 5.91 Å². The summed E-state index contributed by atoms with van der Waals surface area (Å²) in [5, 5.41) is 16.9. The van der Waals surface area contributed by atoms with Gasteiger partial charge in [-0.15, -0.1) is 10.2 Å². The van der Waals surface area contributed by atoms with Gasteiger partial charge >= 0.3 is 5.97 Å². The molecule has 2 rings (SSSR count). The van der Waals surface area contributed by atoms with Crippen molar-refractivity contribution in [2.24, 2.45) is 5.92 Å². The average molecular weight is 323 g/mol. The van der Waals surface area contributed by atoms with E-state index in [9.17, 15) is 9.59 Å². The second-order valence-corrected chi connectivity index (χ2v) is 6.27. The summed E-state index contributed by atoms with van der Waals surface area (Å²) < 4.78 is 4.91. The standard InChI is InChI=1S/C15H25N5O3/c1-4-15(2,13-17-19-20-18-13)14(22)16-11-9-7-5-6-8-10(11)12(21)23-3/h10-11H,4-9H2,1-3H3,(H,16,22)(H,17,18,19,20)/t10-,11+,15?/m0/s1. The van der Waals surface area contributed by atoms with Crippen LogP contribution in [0.25, 0.3) is 0 Å². The molecule has 1 saturated carbocycles. The molecule has 2 N–H and O–H groups in total. The third-order valence-electron chi connectivity index (χ3n) is 4.88. The normalized spacial score (nSPS) is 24.3. The quantitative estimate of drug-likeness (QED) is 0.620. The first-order valence-electron chi connectivity index (χ1n) is 8.15. The van der Waals surface area contributed by atoms with Crippen LogP contribution >= 0.6 is 0 Å². The Bertz CT molecular complexity index is 533. The number of ether oxygens (including phenoxy) is 1. The van der Waals surface area contributed by atoms with Crippen LogP contribution in [0.4, 0.5) is 0 Å². The Morgan fingerprint density at radius 2 is 2.09 bits per heavy atom. The zero-order valence-corrected chi connectivity index (χ0v) is 14.0. The number of hydrogen-bond donors (Lipinski definition) is 2. The SMILES string of the molecule is CCC(C)(C(=O)N[C@@H]1CCCCC[C@@H]1C(=O)OC)c1nn[nH]n1. The molecule has 1 aromatic heterocycles. The number of aromatic nitrogens is 4. The number of hydrogen-bond acceptors (Lipinski definition) is 6. The summed E-state index contributed by atoms with van der Waals surface area (Å²) in [6, 6.07) is -0.213. The number of H-pyrrole nitrogens is 1. The van der Waals surface area contributed by atoms with Gasteiger partial charge in [0.25, 0.3) is 0 Å². The molecule has 8 heteroatoms. The van der Waals surface area contributed by atoms with Crippen LogP contribution in [0, 0.1) is 5.92 Å². The number of carbonyl (C=O) groups excluding carboxylic acids is 2. The Labute approximate surface area is 135 Å². The lowest BCUT2D eigenvalue weighted by Gasteiger charge is -2.29. The second-order valence-electron chi connectivity index (χ2n) is 6.27.